The van der Waals surface area contributed by atoms with E-state index in [1.54, 1.807) is 0 Å². The third-order valence-electron chi connectivity index (χ3n) is 2.94. The Morgan fingerprint density at radius 1 is 1.28 bits per heavy atom. The van der Waals surface area contributed by atoms with E-state index in [0.717, 1.165) is 30.9 Å². The molecular formula is C12H20N6. The normalized spacial score (nSPS) is 12.8. The first-order valence-corrected chi connectivity index (χ1v) is 6.35. The second-order valence-corrected chi connectivity index (χ2v) is 4.30. The topological polar surface area (TPSA) is 60.6 Å². The van der Waals surface area contributed by atoms with Crippen molar-refractivity contribution in [3.63, 3.8) is 0 Å². The molecule has 1 atom stereocenters. The molecule has 0 saturated heterocycles. The molecule has 98 valence electrons. The molecular weight excluding hydrogens is 228 g/mol. The van der Waals surface area contributed by atoms with Crippen LogP contribution in [0, 0.1) is 0 Å². The zero-order valence-corrected chi connectivity index (χ0v) is 11.2. The summed E-state index contributed by atoms with van der Waals surface area (Å²) in [6.45, 7) is 6.00. The Kier molecular flexibility index (Phi) is 4.09. The maximum atomic E-state index is 4.18. The summed E-state index contributed by atoms with van der Waals surface area (Å²) in [5.41, 5.74) is 2.21. The summed E-state index contributed by atoms with van der Waals surface area (Å²) in [4.78, 5) is 4.18. The van der Waals surface area contributed by atoms with E-state index < -0.39 is 0 Å². The van der Waals surface area contributed by atoms with E-state index in [2.05, 4.69) is 34.5 Å². The Balaban J connectivity index is 2.35. The van der Waals surface area contributed by atoms with E-state index in [1.165, 1.54) is 0 Å². The fourth-order valence-electron chi connectivity index (χ4n) is 2.09. The summed E-state index contributed by atoms with van der Waals surface area (Å²) in [6.07, 6.45) is 6.57. The van der Waals surface area contributed by atoms with Crippen LogP contribution in [0.3, 0.4) is 0 Å². The van der Waals surface area contributed by atoms with Gasteiger partial charge in [0.05, 0.1) is 36.2 Å². The van der Waals surface area contributed by atoms with Gasteiger partial charge in [-0.1, -0.05) is 19.1 Å². The molecule has 2 aromatic rings. The predicted octanol–water partition coefficient (Wildman–Crippen LogP) is 1.12. The fraction of sp³-hybridized carbons (Fsp3) is 0.583. The average Bonchev–Trinajstić information content (AvgIpc) is 2.96. The summed E-state index contributed by atoms with van der Waals surface area (Å²) >= 11 is 0. The van der Waals surface area contributed by atoms with Gasteiger partial charge in [-0.15, -0.1) is 5.10 Å². The Hall–Kier alpha value is -1.69. The van der Waals surface area contributed by atoms with Gasteiger partial charge in [0, 0.05) is 13.6 Å². The van der Waals surface area contributed by atoms with Crippen molar-refractivity contribution in [2.75, 3.05) is 6.54 Å². The van der Waals surface area contributed by atoms with Crippen LogP contribution in [0.15, 0.2) is 18.7 Å². The van der Waals surface area contributed by atoms with Crippen molar-refractivity contribution < 1.29 is 0 Å². The third kappa shape index (κ3) is 2.43. The summed E-state index contributed by atoms with van der Waals surface area (Å²) in [5.74, 6) is 0. The van der Waals surface area contributed by atoms with E-state index in [9.17, 15) is 0 Å². The van der Waals surface area contributed by atoms with E-state index in [-0.39, 0.29) is 6.04 Å². The number of hydrogen-bond donors (Lipinski definition) is 1. The standard InChI is InChI=1S/C12H20N6/c1-4-6-18-11(8-15-16-18)12(14-5-2)10-7-13-9-17(10)3/h7-9,12,14H,4-6H2,1-3H3. The van der Waals surface area contributed by atoms with Crippen LogP contribution < -0.4 is 5.32 Å². The lowest BCUT2D eigenvalue weighted by atomic mass is 10.1. The van der Waals surface area contributed by atoms with Gasteiger partial charge in [-0.3, -0.25) is 0 Å². The molecule has 2 rings (SSSR count). The summed E-state index contributed by atoms with van der Waals surface area (Å²) in [6, 6.07) is 0.0871. The molecule has 0 bridgehead atoms. The number of rotatable bonds is 6. The third-order valence-corrected chi connectivity index (χ3v) is 2.94. The Bertz CT molecular complexity index is 486. The van der Waals surface area contributed by atoms with Gasteiger partial charge in [0.15, 0.2) is 0 Å². The van der Waals surface area contributed by atoms with Gasteiger partial charge in [-0.05, 0) is 13.0 Å². The first kappa shape index (κ1) is 12.8. The average molecular weight is 248 g/mol. The minimum Gasteiger partial charge on any atom is -0.336 e. The summed E-state index contributed by atoms with van der Waals surface area (Å²) < 4.78 is 3.98. The lowest BCUT2D eigenvalue weighted by Crippen LogP contribution is -2.26. The van der Waals surface area contributed by atoms with Crippen molar-refractivity contribution in [1.82, 2.24) is 29.9 Å². The van der Waals surface area contributed by atoms with Gasteiger partial charge < -0.3 is 9.88 Å². The fourth-order valence-corrected chi connectivity index (χ4v) is 2.09. The van der Waals surface area contributed by atoms with Crippen LogP contribution in [0.4, 0.5) is 0 Å². The SMILES string of the molecule is CCCn1nncc1C(NCC)c1cncn1C. The minimum absolute atomic E-state index is 0.0871. The van der Waals surface area contributed by atoms with Crippen LogP contribution in [0.2, 0.25) is 0 Å². The number of imidazole rings is 1. The number of hydrogen-bond acceptors (Lipinski definition) is 4. The lowest BCUT2D eigenvalue weighted by molar-refractivity contribution is 0.500. The van der Waals surface area contributed by atoms with Crippen LogP contribution in [0.5, 0.6) is 0 Å². The van der Waals surface area contributed by atoms with Gasteiger partial charge in [-0.2, -0.15) is 0 Å². The highest BCUT2D eigenvalue weighted by Crippen LogP contribution is 2.20. The molecule has 0 fully saturated rings. The summed E-state index contributed by atoms with van der Waals surface area (Å²) in [5, 5.41) is 11.6. The first-order chi connectivity index (χ1) is 8.77. The molecule has 1 unspecified atom stereocenters. The van der Waals surface area contributed by atoms with Crippen LogP contribution in [0.25, 0.3) is 0 Å². The van der Waals surface area contributed by atoms with Crippen LogP contribution in [0.1, 0.15) is 37.7 Å². The maximum absolute atomic E-state index is 4.18. The molecule has 0 radical (unpaired) electrons. The Labute approximate surface area is 107 Å². The molecule has 0 spiro atoms. The predicted molar refractivity (Wildman–Crippen MR) is 69.0 cm³/mol. The molecule has 6 heteroatoms. The Morgan fingerprint density at radius 2 is 2.11 bits per heavy atom. The van der Waals surface area contributed by atoms with Gasteiger partial charge in [-0.25, -0.2) is 9.67 Å². The zero-order valence-electron chi connectivity index (χ0n) is 11.2. The summed E-state index contributed by atoms with van der Waals surface area (Å²) in [7, 11) is 2.00. The van der Waals surface area contributed by atoms with E-state index in [4.69, 9.17) is 0 Å². The van der Waals surface area contributed by atoms with Crippen LogP contribution >= 0.6 is 0 Å². The quantitative estimate of drug-likeness (QED) is 0.832. The molecule has 6 nitrogen and oxygen atoms in total. The van der Waals surface area contributed by atoms with Crippen molar-refractivity contribution in [2.24, 2.45) is 7.05 Å². The lowest BCUT2D eigenvalue weighted by Gasteiger charge is -2.18. The largest absolute Gasteiger partial charge is 0.336 e. The number of aryl methyl sites for hydroxylation is 2. The molecule has 0 aliphatic heterocycles. The number of nitrogens with one attached hydrogen (secondary N) is 1. The second kappa shape index (κ2) is 5.77. The van der Waals surface area contributed by atoms with E-state index >= 15 is 0 Å². The van der Waals surface area contributed by atoms with E-state index in [1.807, 2.05) is 35.0 Å². The molecule has 2 aromatic heterocycles. The van der Waals surface area contributed by atoms with Gasteiger partial charge >= 0.3 is 0 Å². The highest BCUT2D eigenvalue weighted by Gasteiger charge is 2.20. The zero-order chi connectivity index (χ0) is 13.0. The molecule has 0 aromatic carbocycles. The molecule has 0 aliphatic carbocycles. The van der Waals surface area contributed by atoms with Crippen LogP contribution in [-0.4, -0.2) is 31.1 Å². The molecule has 0 saturated carbocycles. The minimum atomic E-state index is 0.0871. The molecule has 2 heterocycles. The number of aromatic nitrogens is 5. The van der Waals surface area contributed by atoms with Crippen molar-refractivity contribution in [2.45, 2.75) is 32.9 Å². The first-order valence-electron chi connectivity index (χ1n) is 6.35. The molecule has 0 aliphatic rings. The maximum Gasteiger partial charge on any atom is 0.0946 e. The van der Waals surface area contributed by atoms with Crippen molar-refractivity contribution in [3.8, 4) is 0 Å². The van der Waals surface area contributed by atoms with Gasteiger partial charge in [0.1, 0.15) is 0 Å². The monoisotopic (exact) mass is 248 g/mol. The van der Waals surface area contributed by atoms with Gasteiger partial charge in [0.2, 0.25) is 0 Å². The smallest absolute Gasteiger partial charge is 0.0946 e. The molecule has 0 amide bonds. The van der Waals surface area contributed by atoms with Crippen molar-refractivity contribution >= 4 is 0 Å². The van der Waals surface area contributed by atoms with Crippen molar-refractivity contribution in [1.29, 1.82) is 0 Å². The van der Waals surface area contributed by atoms with Gasteiger partial charge in [0.25, 0.3) is 0 Å². The molecule has 1 N–H and O–H groups in total. The van der Waals surface area contributed by atoms with Crippen LogP contribution in [-0.2, 0) is 13.6 Å². The highest BCUT2D eigenvalue weighted by molar-refractivity contribution is 5.18. The van der Waals surface area contributed by atoms with Crippen molar-refractivity contribution in [3.05, 3.63) is 30.1 Å². The highest BCUT2D eigenvalue weighted by atomic mass is 15.4. The second-order valence-electron chi connectivity index (χ2n) is 4.30. The molecule has 18 heavy (non-hydrogen) atoms. The van der Waals surface area contributed by atoms with E-state index in [0.29, 0.717) is 0 Å². The Morgan fingerprint density at radius 3 is 2.72 bits per heavy atom. The number of nitrogens with zero attached hydrogens (tertiary/aromatic N) is 5.